The van der Waals surface area contributed by atoms with Crippen LogP contribution >= 0.6 is 0 Å². The second kappa shape index (κ2) is 8.19. The summed E-state index contributed by atoms with van der Waals surface area (Å²) in [5.41, 5.74) is 0.969. The second-order valence-electron chi connectivity index (χ2n) is 5.38. The third-order valence-electron chi connectivity index (χ3n) is 3.69. The largest absolute Gasteiger partial charge is 0.497 e. The number of esters is 1. The Balaban J connectivity index is 2.10. The van der Waals surface area contributed by atoms with Gasteiger partial charge in [-0.25, -0.2) is 4.79 Å². The predicted octanol–water partition coefficient (Wildman–Crippen LogP) is 2.91. The molecule has 1 atom stereocenters. The van der Waals surface area contributed by atoms with Crippen LogP contribution in [0.1, 0.15) is 17.3 Å². The number of para-hydroxylation sites is 1. The third-order valence-corrected chi connectivity index (χ3v) is 3.69. The van der Waals surface area contributed by atoms with Crippen molar-refractivity contribution in [2.45, 2.75) is 13.0 Å². The number of methoxy groups -OCH3 is 2. The molecule has 0 aliphatic heterocycles. The molecule has 0 aliphatic rings. The van der Waals surface area contributed by atoms with E-state index in [1.807, 2.05) is 18.2 Å². The van der Waals surface area contributed by atoms with E-state index in [1.165, 1.54) is 38.2 Å². The van der Waals surface area contributed by atoms with Crippen molar-refractivity contribution < 1.29 is 23.8 Å². The van der Waals surface area contributed by atoms with Crippen molar-refractivity contribution in [1.29, 1.82) is 0 Å². The average molecular weight is 343 g/mol. The van der Waals surface area contributed by atoms with Crippen LogP contribution in [0.2, 0.25) is 0 Å². The summed E-state index contributed by atoms with van der Waals surface area (Å²) < 4.78 is 15.6. The highest BCUT2D eigenvalue weighted by atomic mass is 16.5. The first-order valence-corrected chi connectivity index (χ1v) is 7.73. The zero-order chi connectivity index (χ0) is 18.4. The van der Waals surface area contributed by atoms with Gasteiger partial charge in [0, 0.05) is 18.8 Å². The van der Waals surface area contributed by atoms with Crippen LogP contribution in [-0.4, -0.2) is 39.2 Å². The first-order valence-electron chi connectivity index (χ1n) is 7.73. The summed E-state index contributed by atoms with van der Waals surface area (Å²) in [4.78, 5) is 26.3. The number of rotatable bonds is 6. The quantitative estimate of drug-likeness (QED) is 0.755. The molecular weight excluding hydrogens is 322 g/mol. The number of nitrogens with zero attached hydrogens (tertiary/aromatic N) is 1. The number of hydrogen-bond donors (Lipinski definition) is 0. The molecule has 25 heavy (non-hydrogen) atoms. The normalized spacial score (nSPS) is 11.4. The molecule has 6 nitrogen and oxygen atoms in total. The third kappa shape index (κ3) is 4.50. The van der Waals surface area contributed by atoms with Crippen LogP contribution in [0, 0.1) is 0 Å². The monoisotopic (exact) mass is 343 g/mol. The Morgan fingerprint density at radius 2 is 1.52 bits per heavy atom. The molecule has 0 radical (unpaired) electrons. The first kappa shape index (κ1) is 18.3. The number of ether oxygens (including phenoxy) is 3. The second-order valence-corrected chi connectivity index (χ2v) is 5.38. The summed E-state index contributed by atoms with van der Waals surface area (Å²) in [5.74, 6) is -0.0210. The van der Waals surface area contributed by atoms with Gasteiger partial charge in [-0.2, -0.15) is 0 Å². The maximum Gasteiger partial charge on any atom is 0.339 e. The lowest BCUT2D eigenvalue weighted by atomic mass is 10.2. The highest BCUT2D eigenvalue weighted by Gasteiger charge is 2.23. The molecule has 0 saturated heterocycles. The lowest BCUT2D eigenvalue weighted by Crippen LogP contribution is -2.37. The number of benzene rings is 2. The zero-order valence-corrected chi connectivity index (χ0v) is 14.7. The molecule has 6 heteroatoms. The van der Waals surface area contributed by atoms with E-state index in [0.717, 1.165) is 5.69 Å². The molecule has 0 saturated carbocycles. The van der Waals surface area contributed by atoms with E-state index in [0.29, 0.717) is 11.5 Å². The Labute approximate surface area is 146 Å². The molecule has 2 aromatic carbocycles. The lowest BCUT2D eigenvalue weighted by molar-refractivity contribution is -0.126. The van der Waals surface area contributed by atoms with Crippen LogP contribution in [0.3, 0.4) is 0 Å². The molecule has 132 valence electrons. The fourth-order valence-electron chi connectivity index (χ4n) is 2.26. The van der Waals surface area contributed by atoms with Gasteiger partial charge in [0.1, 0.15) is 11.5 Å². The van der Waals surface area contributed by atoms with Crippen molar-refractivity contribution in [1.82, 2.24) is 0 Å². The fraction of sp³-hybridized carbons (Fsp3) is 0.263. The van der Waals surface area contributed by atoms with Crippen LogP contribution in [0.4, 0.5) is 5.69 Å². The highest BCUT2D eigenvalue weighted by molar-refractivity contribution is 5.98. The minimum atomic E-state index is -0.935. The standard InChI is InChI=1S/C19H21NO5/c1-13(18(21)20(2)15-8-6-5-7-9-15)25-19(22)14-10-16(23-3)12-17(11-14)24-4/h5-13H,1-4H3. The lowest BCUT2D eigenvalue weighted by Gasteiger charge is -2.21. The van der Waals surface area contributed by atoms with Crippen LogP contribution in [0.5, 0.6) is 11.5 Å². The summed E-state index contributed by atoms with van der Waals surface area (Å²) >= 11 is 0. The van der Waals surface area contributed by atoms with Gasteiger partial charge in [-0.3, -0.25) is 4.79 Å². The number of amides is 1. The van der Waals surface area contributed by atoms with Crippen molar-refractivity contribution >= 4 is 17.6 Å². The van der Waals surface area contributed by atoms with Crippen molar-refractivity contribution in [2.75, 3.05) is 26.2 Å². The molecule has 2 aromatic rings. The molecular formula is C19H21NO5. The summed E-state index contributed by atoms with van der Waals surface area (Å²) in [6.45, 7) is 1.54. The van der Waals surface area contributed by atoms with E-state index in [1.54, 1.807) is 25.2 Å². The Kier molecular flexibility index (Phi) is 6.00. The molecule has 0 aliphatic carbocycles. The summed E-state index contributed by atoms with van der Waals surface area (Å²) in [6.07, 6.45) is -0.935. The number of anilines is 1. The Morgan fingerprint density at radius 3 is 2.04 bits per heavy atom. The maximum absolute atomic E-state index is 12.5. The van der Waals surface area contributed by atoms with Gasteiger partial charge >= 0.3 is 5.97 Å². The smallest absolute Gasteiger partial charge is 0.339 e. The average Bonchev–Trinajstić information content (AvgIpc) is 2.66. The Bertz CT molecular complexity index is 722. The van der Waals surface area contributed by atoms with Gasteiger partial charge in [-0.1, -0.05) is 18.2 Å². The molecule has 1 amide bonds. The maximum atomic E-state index is 12.5. The SMILES string of the molecule is COc1cc(OC)cc(C(=O)OC(C)C(=O)N(C)c2ccccc2)c1. The van der Waals surface area contributed by atoms with Crippen LogP contribution < -0.4 is 14.4 Å². The van der Waals surface area contributed by atoms with Crippen LogP contribution in [-0.2, 0) is 9.53 Å². The van der Waals surface area contributed by atoms with Gasteiger partial charge in [0.2, 0.25) is 0 Å². The van der Waals surface area contributed by atoms with Crippen molar-refractivity contribution in [2.24, 2.45) is 0 Å². The van der Waals surface area contributed by atoms with Gasteiger partial charge in [0.25, 0.3) is 5.91 Å². The highest BCUT2D eigenvalue weighted by Crippen LogP contribution is 2.23. The van der Waals surface area contributed by atoms with Gasteiger partial charge in [0.15, 0.2) is 6.10 Å². The van der Waals surface area contributed by atoms with E-state index < -0.39 is 12.1 Å². The van der Waals surface area contributed by atoms with Crippen molar-refractivity contribution in [3.8, 4) is 11.5 Å². The van der Waals surface area contributed by atoms with E-state index in [4.69, 9.17) is 14.2 Å². The van der Waals surface area contributed by atoms with E-state index in [2.05, 4.69) is 0 Å². The van der Waals surface area contributed by atoms with Crippen molar-refractivity contribution in [3.05, 3.63) is 54.1 Å². The van der Waals surface area contributed by atoms with Crippen LogP contribution in [0.25, 0.3) is 0 Å². The summed E-state index contributed by atoms with van der Waals surface area (Å²) in [5, 5.41) is 0. The van der Waals surface area contributed by atoms with Crippen molar-refractivity contribution in [3.63, 3.8) is 0 Å². The molecule has 0 heterocycles. The molecule has 0 spiro atoms. The topological polar surface area (TPSA) is 65.1 Å². The Hall–Kier alpha value is -3.02. The molecule has 0 N–H and O–H groups in total. The molecule has 1 unspecified atom stereocenters. The number of carbonyl (C=O) groups excluding carboxylic acids is 2. The van der Waals surface area contributed by atoms with Gasteiger partial charge in [-0.15, -0.1) is 0 Å². The Morgan fingerprint density at radius 1 is 0.960 bits per heavy atom. The first-order chi connectivity index (χ1) is 12.0. The number of hydrogen-bond acceptors (Lipinski definition) is 5. The van der Waals surface area contributed by atoms with E-state index >= 15 is 0 Å². The minimum Gasteiger partial charge on any atom is -0.497 e. The van der Waals surface area contributed by atoms with Gasteiger partial charge in [0.05, 0.1) is 19.8 Å². The fourth-order valence-corrected chi connectivity index (χ4v) is 2.26. The summed E-state index contributed by atoms with van der Waals surface area (Å²) in [7, 11) is 4.62. The predicted molar refractivity (Wildman–Crippen MR) is 94.3 cm³/mol. The molecule has 0 aromatic heterocycles. The summed E-state index contributed by atoms with van der Waals surface area (Å²) in [6, 6.07) is 13.8. The minimum absolute atomic E-state index is 0.248. The molecule has 0 fully saturated rings. The number of carbonyl (C=O) groups is 2. The van der Waals surface area contributed by atoms with Crippen LogP contribution in [0.15, 0.2) is 48.5 Å². The van der Waals surface area contributed by atoms with E-state index in [-0.39, 0.29) is 11.5 Å². The van der Waals surface area contributed by atoms with Gasteiger partial charge < -0.3 is 19.1 Å². The molecule has 0 bridgehead atoms. The molecule has 2 rings (SSSR count). The zero-order valence-electron chi connectivity index (χ0n) is 14.7. The number of likely N-dealkylation sites (N-methyl/N-ethyl adjacent to an activating group) is 1. The van der Waals surface area contributed by atoms with Gasteiger partial charge in [-0.05, 0) is 31.2 Å². The van der Waals surface area contributed by atoms with E-state index in [9.17, 15) is 9.59 Å².